The molecule has 3 amide bonds. The molecule has 6 heteroatoms. The molecule has 162 valence electrons. The third-order valence-corrected chi connectivity index (χ3v) is 6.11. The molecule has 2 saturated heterocycles. The second kappa shape index (κ2) is 9.77. The number of aryl methyl sites for hydroxylation is 1. The Labute approximate surface area is 183 Å². The van der Waals surface area contributed by atoms with Gasteiger partial charge in [0.05, 0.1) is 6.54 Å². The molecule has 0 aromatic heterocycles. The predicted octanol–water partition coefficient (Wildman–Crippen LogP) is 2.48. The third kappa shape index (κ3) is 5.13. The van der Waals surface area contributed by atoms with E-state index in [-0.39, 0.29) is 24.3 Å². The molecule has 6 nitrogen and oxygen atoms in total. The smallest absolute Gasteiger partial charge is 0.247 e. The van der Waals surface area contributed by atoms with Gasteiger partial charge in [-0.3, -0.25) is 14.4 Å². The lowest BCUT2D eigenvalue weighted by atomic mass is 10.1. The molecule has 0 aliphatic carbocycles. The van der Waals surface area contributed by atoms with Crippen LogP contribution in [0.15, 0.2) is 60.7 Å². The van der Waals surface area contributed by atoms with Crippen molar-refractivity contribution >= 4 is 17.7 Å². The number of carbonyl (C=O) groups is 3. The van der Waals surface area contributed by atoms with E-state index in [1.807, 2.05) is 48.5 Å². The summed E-state index contributed by atoms with van der Waals surface area (Å²) in [5, 5.41) is 0. The van der Waals surface area contributed by atoms with Gasteiger partial charge in [-0.05, 0) is 30.4 Å². The Hall–Kier alpha value is -3.15. The largest absolute Gasteiger partial charge is 0.340 e. The van der Waals surface area contributed by atoms with Gasteiger partial charge < -0.3 is 14.7 Å². The van der Waals surface area contributed by atoms with Gasteiger partial charge in [0, 0.05) is 26.1 Å². The summed E-state index contributed by atoms with van der Waals surface area (Å²) in [5.74, 6) is -0.0236. The van der Waals surface area contributed by atoms with E-state index in [9.17, 15) is 14.4 Å². The molecule has 0 radical (unpaired) electrons. The molecule has 0 N–H and O–H groups in total. The quantitative estimate of drug-likeness (QED) is 0.723. The van der Waals surface area contributed by atoms with Crippen LogP contribution < -0.4 is 0 Å². The summed E-state index contributed by atoms with van der Waals surface area (Å²) in [6.07, 6.45) is 2.80. The van der Waals surface area contributed by atoms with Gasteiger partial charge in [-0.1, -0.05) is 60.7 Å². The fourth-order valence-corrected chi connectivity index (χ4v) is 4.45. The second-order valence-electron chi connectivity index (χ2n) is 8.32. The van der Waals surface area contributed by atoms with E-state index in [2.05, 4.69) is 12.1 Å². The van der Waals surface area contributed by atoms with Crippen LogP contribution in [0.4, 0.5) is 0 Å². The van der Waals surface area contributed by atoms with Gasteiger partial charge in [0.15, 0.2) is 0 Å². The predicted molar refractivity (Wildman–Crippen MR) is 118 cm³/mol. The van der Waals surface area contributed by atoms with Gasteiger partial charge in [0.1, 0.15) is 12.6 Å². The lowest BCUT2D eigenvalue weighted by molar-refractivity contribution is -0.157. The molecule has 2 heterocycles. The monoisotopic (exact) mass is 419 g/mol. The number of carbonyl (C=O) groups excluding carboxylic acids is 3. The fourth-order valence-electron chi connectivity index (χ4n) is 4.45. The summed E-state index contributed by atoms with van der Waals surface area (Å²) in [4.78, 5) is 44.0. The van der Waals surface area contributed by atoms with Crippen LogP contribution in [-0.2, 0) is 27.3 Å². The van der Waals surface area contributed by atoms with Crippen LogP contribution in [0.25, 0.3) is 0 Å². The first-order valence-corrected chi connectivity index (χ1v) is 11.1. The van der Waals surface area contributed by atoms with Gasteiger partial charge in [0.25, 0.3) is 0 Å². The maximum Gasteiger partial charge on any atom is 0.247 e. The molecule has 0 saturated carbocycles. The van der Waals surface area contributed by atoms with Crippen LogP contribution in [0, 0.1) is 0 Å². The average molecular weight is 420 g/mol. The van der Waals surface area contributed by atoms with Gasteiger partial charge in [-0.15, -0.1) is 0 Å². The maximum absolute atomic E-state index is 13.2. The van der Waals surface area contributed by atoms with Gasteiger partial charge >= 0.3 is 0 Å². The minimum Gasteiger partial charge on any atom is -0.340 e. The first kappa shape index (κ1) is 21.1. The third-order valence-electron chi connectivity index (χ3n) is 6.11. The summed E-state index contributed by atoms with van der Waals surface area (Å²) >= 11 is 0. The number of benzene rings is 2. The van der Waals surface area contributed by atoms with Crippen molar-refractivity contribution in [1.29, 1.82) is 0 Å². The Morgan fingerprint density at radius 2 is 1.58 bits per heavy atom. The van der Waals surface area contributed by atoms with Crippen molar-refractivity contribution in [2.24, 2.45) is 0 Å². The van der Waals surface area contributed by atoms with Gasteiger partial charge in [-0.2, -0.15) is 0 Å². The zero-order valence-corrected chi connectivity index (χ0v) is 17.8. The van der Waals surface area contributed by atoms with Crippen molar-refractivity contribution in [3.63, 3.8) is 0 Å². The lowest BCUT2D eigenvalue weighted by Crippen LogP contribution is -2.61. The Bertz CT molecular complexity index is 916. The van der Waals surface area contributed by atoms with Crippen molar-refractivity contribution in [2.45, 2.75) is 38.3 Å². The molecule has 2 aliphatic rings. The molecule has 1 atom stereocenters. The number of rotatable bonds is 6. The second-order valence-corrected chi connectivity index (χ2v) is 8.32. The average Bonchev–Trinajstić information content (AvgIpc) is 3.03. The van der Waals surface area contributed by atoms with Crippen molar-refractivity contribution in [3.8, 4) is 0 Å². The van der Waals surface area contributed by atoms with Crippen LogP contribution in [0.1, 0.15) is 30.4 Å². The highest BCUT2D eigenvalue weighted by atomic mass is 16.2. The zero-order chi connectivity index (χ0) is 21.6. The molecule has 2 aromatic carbocycles. The highest BCUT2D eigenvalue weighted by molar-refractivity contribution is 5.95. The standard InChI is InChI=1S/C25H29N3O3/c29-23(14-7-13-20-9-3-1-4-10-20)26-15-8-16-28-22(18-26)25(31)27(19-24(28)30)17-21-11-5-2-6-12-21/h1-6,9-12,22H,7-8,13-19H2. The number of amides is 3. The maximum atomic E-state index is 13.2. The van der Waals surface area contributed by atoms with Crippen LogP contribution in [0.5, 0.6) is 0 Å². The van der Waals surface area contributed by atoms with Crippen molar-refractivity contribution in [3.05, 3.63) is 71.8 Å². The summed E-state index contributed by atoms with van der Waals surface area (Å²) in [6, 6.07) is 19.3. The summed E-state index contributed by atoms with van der Waals surface area (Å²) in [7, 11) is 0. The first-order chi connectivity index (χ1) is 15.1. The minimum absolute atomic E-state index is 0.0288. The number of hydrogen-bond donors (Lipinski definition) is 0. The highest BCUT2D eigenvalue weighted by Gasteiger charge is 2.41. The minimum atomic E-state index is -0.578. The molecule has 4 rings (SSSR count). The Kier molecular flexibility index (Phi) is 6.65. The molecular formula is C25H29N3O3. The van der Waals surface area contributed by atoms with Crippen molar-refractivity contribution in [2.75, 3.05) is 26.2 Å². The van der Waals surface area contributed by atoms with E-state index in [1.165, 1.54) is 5.56 Å². The van der Waals surface area contributed by atoms with Crippen molar-refractivity contribution in [1.82, 2.24) is 14.7 Å². The highest BCUT2D eigenvalue weighted by Crippen LogP contribution is 2.21. The van der Waals surface area contributed by atoms with E-state index >= 15 is 0 Å². The van der Waals surface area contributed by atoms with Gasteiger partial charge in [0.2, 0.25) is 17.7 Å². The SMILES string of the molecule is O=C(CCCc1ccccc1)N1CCCN2C(=O)CN(Cc3ccccc3)C(=O)C2C1. The lowest BCUT2D eigenvalue weighted by Gasteiger charge is -2.40. The van der Waals surface area contributed by atoms with E-state index < -0.39 is 6.04 Å². The number of piperazine rings is 1. The van der Waals surface area contributed by atoms with Crippen LogP contribution >= 0.6 is 0 Å². The van der Waals surface area contributed by atoms with E-state index in [4.69, 9.17) is 0 Å². The van der Waals surface area contributed by atoms with Gasteiger partial charge in [-0.25, -0.2) is 0 Å². The van der Waals surface area contributed by atoms with E-state index in [1.54, 1.807) is 14.7 Å². The van der Waals surface area contributed by atoms with Crippen LogP contribution in [-0.4, -0.2) is 64.6 Å². The van der Waals surface area contributed by atoms with E-state index in [0.29, 0.717) is 39.0 Å². The summed E-state index contributed by atoms with van der Waals surface area (Å²) < 4.78 is 0. The molecule has 0 spiro atoms. The molecule has 1 unspecified atom stereocenters. The molecule has 0 bridgehead atoms. The number of fused-ring (bicyclic) bond motifs is 1. The Morgan fingerprint density at radius 3 is 2.29 bits per heavy atom. The van der Waals surface area contributed by atoms with Crippen molar-refractivity contribution < 1.29 is 14.4 Å². The molecule has 2 fully saturated rings. The molecule has 2 aromatic rings. The Morgan fingerprint density at radius 1 is 0.903 bits per heavy atom. The Balaban J connectivity index is 1.38. The zero-order valence-electron chi connectivity index (χ0n) is 17.8. The molecule has 31 heavy (non-hydrogen) atoms. The normalized spacial score (nSPS) is 19.2. The number of nitrogens with zero attached hydrogens (tertiary/aromatic N) is 3. The topological polar surface area (TPSA) is 60.9 Å². The fraction of sp³-hybridized carbons (Fsp3) is 0.400. The molecule has 2 aliphatic heterocycles. The summed E-state index contributed by atoms with van der Waals surface area (Å²) in [6.45, 7) is 1.94. The van der Waals surface area contributed by atoms with Crippen LogP contribution in [0.3, 0.4) is 0 Å². The van der Waals surface area contributed by atoms with Crippen LogP contribution in [0.2, 0.25) is 0 Å². The molecular weight excluding hydrogens is 390 g/mol. The summed E-state index contributed by atoms with van der Waals surface area (Å²) in [5.41, 5.74) is 2.22. The van der Waals surface area contributed by atoms with E-state index in [0.717, 1.165) is 18.4 Å². The first-order valence-electron chi connectivity index (χ1n) is 11.1. The number of hydrogen-bond acceptors (Lipinski definition) is 3.